The number of nitrogens with zero attached hydrogens (tertiary/aromatic N) is 1. The van der Waals surface area contributed by atoms with Crippen molar-refractivity contribution in [3.63, 3.8) is 0 Å². The molecule has 0 aliphatic carbocycles. The number of allylic oxidation sites excluding steroid dienone is 2. The zero-order chi connectivity index (χ0) is 16.0. The van der Waals surface area contributed by atoms with Gasteiger partial charge >= 0.3 is 0 Å². The summed E-state index contributed by atoms with van der Waals surface area (Å²) >= 11 is 0. The van der Waals surface area contributed by atoms with Gasteiger partial charge in [-0.25, -0.2) is 0 Å². The van der Waals surface area contributed by atoms with Gasteiger partial charge in [0.15, 0.2) is 0 Å². The molecular weight excluding hydrogens is 270 g/mol. The first-order valence-corrected chi connectivity index (χ1v) is 9.36. The smallest absolute Gasteiger partial charge is 0.0995 e. The second-order valence-corrected chi connectivity index (χ2v) is 6.47. The van der Waals surface area contributed by atoms with Crippen molar-refractivity contribution in [1.82, 2.24) is 10.2 Å². The quantitative estimate of drug-likeness (QED) is 0.377. The normalized spacial score (nSPS) is 19.0. The van der Waals surface area contributed by atoms with Gasteiger partial charge in [-0.2, -0.15) is 0 Å². The van der Waals surface area contributed by atoms with Crippen LogP contribution in [0.1, 0.15) is 84.5 Å². The molecule has 1 aliphatic rings. The van der Waals surface area contributed by atoms with Crippen LogP contribution < -0.4 is 11.1 Å². The van der Waals surface area contributed by atoms with Crippen LogP contribution in [0.4, 0.5) is 0 Å². The summed E-state index contributed by atoms with van der Waals surface area (Å²) < 4.78 is 0. The van der Waals surface area contributed by atoms with Gasteiger partial charge in [-0.05, 0) is 39.0 Å². The molecule has 3 nitrogen and oxygen atoms in total. The lowest BCUT2D eigenvalue weighted by atomic mass is 10.1. The maximum absolute atomic E-state index is 5.96. The Bertz CT molecular complexity index is 310. The molecule has 22 heavy (non-hydrogen) atoms. The van der Waals surface area contributed by atoms with E-state index < -0.39 is 0 Å². The lowest BCUT2D eigenvalue weighted by molar-refractivity contribution is 0.208. The Kier molecular flexibility index (Phi) is 10.9. The summed E-state index contributed by atoms with van der Waals surface area (Å²) in [6, 6.07) is 0. The average molecular weight is 308 g/mol. The topological polar surface area (TPSA) is 41.3 Å². The number of rotatable bonds is 13. The summed E-state index contributed by atoms with van der Waals surface area (Å²) in [5, 5.41) is 3.39. The third-order valence-electron chi connectivity index (χ3n) is 4.37. The first-order valence-electron chi connectivity index (χ1n) is 9.36. The van der Waals surface area contributed by atoms with Gasteiger partial charge in [-0.3, -0.25) is 0 Å². The number of hydrogen-bond donors (Lipinski definition) is 2. The highest BCUT2D eigenvalue weighted by molar-refractivity contribution is 4.95. The van der Waals surface area contributed by atoms with Crippen LogP contribution in [0.25, 0.3) is 0 Å². The zero-order valence-electron chi connectivity index (χ0n) is 14.8. The van der Waals surface area contributed by atoms with E-state index in [1.807, 2.05) is 13.1 Å². The van der Waals surface area contributed by atoms with Crippen molar-refractivity contribution >= 4 is 0 Å². The van der Waals surface area contributed by atoms with E-state index in [0.29, 0.717) is 6.17 Å². The molecule has 1 rings (SSSR count). The minimum absolute atomic E-state index is 0.100. The Balaban J connectivity index is 1.85. The maximum Gasteiger partial charge on any atom is 0.0995 e. The molecule has 0 saturated heterocycles. The van der Waals surface area contributed by atoms with Crippen LogP contribution in [0.3, 0.4) is 0 Å². The van der Waals surface area contributed by atoms with E-state index in [-0.39, 0.29) is 6.17 Å². The molecule has 0 spiro atoms. The van der Waals surface area contributed by atoms with Gasteiger partial charge in [-0.15, -0.1) is 0 Å². The molecule has 0 bridgehead atoms. The van der Waals surface area contributed by atoms with Crippen LogP contribution in [0, 0.1) is 0 Å². The van der Waals surface area contributed by atoms with E-state index in [9.17, 15) is 0 Å². The molecule has 1 heterocycles. The van der Waals surface area contributed by atoms with Crippen LogP contribution in [-0.4, -0.2) is 17.2 Å². The number of hydrogen-bond acceptors (Lipinski definition) is 3. The van der Waals surface area contributed by atoms with Crippen LogP contribution in [-0.2, 0) is 0 Å². The fourth-order valence-corrected chi connectivity index (χ4v) is 3.03. The second kappa shape index (κ2) is 12.6. The lowest BCUT2D eigenvalue weighted by Gasteiger charge is -2.28. The predicted molar refractivity (Wildman–Crippen MR) is 97.2 cm³/mol. The monoisotopic (exact) mass is 307 g/mol. The van der Waals surface area contributed by atoms with Gasteiger partial charge in [0.2, 0.25) is 0 Å². The van der Waals surface area contributed by atoms with Crippen molar-refractivity contribution in [1.29, 1.82) is 0 Å². The summed E-state index contributed by atoms with van der Waals surface area (Å²) in [5.74, 6) is 0. The molecule has 3 N–H and O–H groups in total. The second-order valence-electron chi connectivity index (χ2n) is 6.47. The highest BCUT2D eigenvalue weighted by Crippen LogP contribution is 2.16. The Morgan fingerprint density at radius 2 is 1.68 bits per heavy atom. The van der Waals surface area contributed by atoms with Crippen molar-refractivity contribution in [2.45, 2.75) is 96.8 Å². The van der Waals surface area contributed by atoms with E-state index in [1.54, 1.807) is 0 Å². The zero-order valence-corrected chi connectivity index (χ0v) is 14.8. The molecule has 0 radical (unpaired) electrons. The van der Waals surface area contributed by atoms with Crippen LogP contribution in [0.2, 0.25) is 0 Å². The van der Waals surface area contributed by atoms with E-state index in [2.05, 4.69) is 35.5 Å². The van der Waals surface area contributed by atoms with Crippen molar-refractivity contribution in [2.24, 2.45) is 5.73 Å². The average Bonchev–Trinajstić information content (AvgIpc) is 2.97. The fourth-order valence-electron chi connectivity index (χ4n) is 3.03. The molecular formula is C19H37N3. The van der Waals surface area contributed by atoms with E-state index >= 15 is 0 Å². The standard InChI is InChI=1S/C19H37N3/c1-3-4-5-6-7-8-9-10-11-12-13-14-15-19-21-16-17-22(19)18(2)20/h4-5,16-19,21H,3,6-15,20H2,1-2H3/b5-4+. The first kappa shape index (κ1) is 19.1. The lowest BCUT2D eigenvalue weighted by Crippen LogP contribution is -2.44. The summed E-state index contributed by atoms with van der Waals surface area (Å²) in [4.78, 5) is 2.22. The Labute approximate surface area is 138 Å². The SMILES string of the molecule is CC/C=C/CCCCCCCCCCC1NC=CN1C(C)N. The van der Waals surface area contributed by atoms with E-state index in [0.717, 1.165) is 0 Å². The molecule has 3 heteroatoms. The molecule has 128 valence electrons. The number of nitrogens with two attached hydrogens (primary N) is 1. The molecule has 1 aliphatic heterocycles. The van der Waals surface area contributed by atoms with Gasteiger partial charge in [0, 0.05) is 12.4 Å². The van der Waals surface area contributed by atoms with E-state index in [4.69, 9.17) is 5.73 Å². The summed E-state index contributed by atoms with van der Waals surface area (Å²) in [6.45, 7) is 4.24. The molecule has 0 amide bonds. The molecule has 0 fully saturated rings. The maximum atomic E-state index is 5.96. The first-order chi connectivity index (χ1) is 10.8. The van der Waals surface area contributed by atoms with Crippen LogP contribution >= 0.6 is 0 Å². The summed E-state index contributed by atoms with van der Waals surface area (Å²) in [5.41, 5.74) is 5.96. The Morgan fingerprint density at radius 1 is 1.05 bits per heavy atom. The minimum Gasteiger partial charge on any atom is -0.370 e. The highest BCUT2D eigenvalue weighted by Gasteiger charge is 2.20. The molecule has 0 saturated carbocycles. The van der Waals surface area contributed by atoms with Gasteiger partial charge in [0.1, 0.15) is 0 Å². The molecule has 2 atom stereocenters. The minimum atomic E-state index is 0.100. The Morgan fingerprint density at radius 3 is 2.32 bits per heavy atom. The molecule has 0 aromatic carbocycles. The van der Waals surface area contributed by atoms with Crippen molar-refractivity contribution in [3.8, 4) is 0 Å². The van der Waals surface area contributed by atoms with Gasteiger partial charge in [0.25, 0.3) is 0 Å². The molecule has 2 unspecified atom stereocenters. The van der Waals surface area contributed by atoms with Gasteiger partial charge < -0.3 is 16.0 Å². The van der Waals surface area contributed by atoms with Crippen molar-refractivity contribution in [3.05, 3.63) is 24.6 Å². The summed E-state index contributed by atoms with van der Waals surface area (Å²) in [6.07, 6.45) is 23.9. The van der Waals surface area contributed by atoms with Crippen molar-refractivity contribution < 1.29 is 0 Å². The van der Waals surface area contributed by atoms with Gasteiger partial charge in [-0.1, -0.05) is 57.6 Å². The van der Waals surface area contributed by atoms with Crippen LogP contribution in [0.15, 0.2) is 24.6 Å². The predicted octanol–water partition coefficient (Wildman–Crippen LogP) is 4.86. The van der Waals surface area contributed by atoms with Gasteiger partial charge in [0.05, 0.1) is 12.3 Å². The Hall–Kier alpha value is -0.960. The largest absolute Gasteiger partial charge is 0.370 e. The molecule has 0 aromatic rings. The highest BCUT2D eigenvalue weighted by atomic mass is 15.3. The third-order valence-corrected chi connectivity index (χ3v) is 4.37. The third kappa shape index (κ3) is 8.47. The van der Waals surface area contributed by atoms with Crippen molar-refractivity contribution in [2.75, 3.05) is 0 Å². The summed E-state index contributed by atoms with van der Waals surface area (Å²) in [7, 11) is 0. The number of nitrogens with one attached hydrogen (secondary N) is 1. The molecule has 0 aromatic heterocycles. The van der Waals surface area contributed by atoms with Crippen LogP contribution in [0.5, 0.6) is 0 Å². The fraction of sp³-hybridized carbons (Fsp3) is 0.789. The number of unbranched alkanes of at least 4 members (excludes halogenated alkanes) is 8. The van der Waals surface area contributed by atoms with E-state index in [1.165, 1.54) is 70.6 Å².